The van der Waals surface area contributed by atoms with E-state index >= 15 is 0 Å². The molecule has 3 aromatic carbocycles. The van der Waals surface area contributed by atoms with Gasteiger partial charge in [0.25, 0.3) is 5.03 Å². The lowest BCUT2D eigenvalue weighted by atomic mass is 9.91. The molecule has 0 unspecified atom stereocenters. The number of urea groups is 1. The Hall–Kier alpha value is -3.89. The number of pyridine rings is 1. The third-order valence-corrected chi connectivity index (χ3v) is 8.15. The van der Waals surface area contributed by atoms with Crippen LogP contribution in [0.4, 0.5) is 10.5 Å². The Bertz CT molecular complexity index is 1420. The van der Waals surface area contributed by atoms with Crippen LogP contribution >= 0.6 is 11.8 Å². The molecular formula is C32H33N3O5S. The number of aliphatic hydroxyl groups excluding tert-OH is 1. The Morgan fingerprint density at radius 3 is 2.32 bits per heavy atom. The predicted molar refractivity (Wildman–Crippen MR) is 158 cm³/mol. The van der Waals surface area contributed by atoms with Crippen LogP contribution in [0.1, 0.15) is 41.6 Å². The van der Waals surface area contributed by atoms with Crippen LogP contribution < -0.4 is 15.4 Å². The van der Waals surface area contributed by atoms with Crippen molar-refractivity contribution in [1.29, 1.82) is 0 Å². The van der Waals surface area contributed by atoms with Crippen molar-refractivity contribution in [1.82, 2.24) is 5.32 Å². The van der Waals surface area contributed by atoms with Crippen molar-refractivity contribution >= 4 is 23.5 Å². The summed E-state index contributed by atoms with van der Waals surface area (Å²) in [4.78, 5) is 12.4. The van der Waals surface area contributed by atoms with E-state index in [1.165, 1.54) is 18.0 Å². The molecule has 41 heavy (non-hydrogen) atoms. The Morgan fingerprint density at radius 2 is 1.61 bits per heavy atom. The fourth-order valence-electron chi connectivity index (χ4n) is 4.68. The van der Waals surface area contributed by atoms with Gasteiger partial charge < -0.3 is 30.4 Å². The predicted octanol–water partition coefficient (Wildman–Crippen LogP) is 5.72. The van der Waals surface area contributed by atoms with Crippen LogP contribution in [0.2, 0.25) is 0 Å². The summed E-state index contributed by atoms with van der Waals surface area (Å²) < 4.78 is 13.8. The highest BCUT2D eigenvalue weighted by Crippen LogP contribution is 2.43. The number of nitrogens with zero attached hydrogens (tertiary/aromatic N) is 1. The molecule has 2 heterocycles. The smallest absolute Gasteiger partial charge is 0.319 e. The van der Waals surface area contributed by atoms with Crippen molar-refractivity contribution in [2.24, 2.45) is 5.92 Å². The minimum Gasteiger partial charge on any atom is -0.618 e. The van der Waals surface area contributed by atoms with Crippen LogP contribution in [0, 0.1) is 11.1 Å². The zero-order valence-electron chi connectivity index (χ0n) is 22.7. The topological polar surface area (TPSA) is 107 Å². The largest absolute Gasteiger partial charge is 0.618 e. The van der Waals surface area contributed by atoms with Crippen LogP contribution in [0.3, 0.4) is 0 Å². The number of nitrogens with one attached hydrogen (secondary N) is 2. The summed E-state index contributed by atoms with van der Waals surface area (Å²) in [5, 5.41) is 28.0. The number of hydrogen-bond acceptors (Lipinski definition) is 6. The van der Waals surface area contributed by atoms with Crippen LogP contribution in [-0.2, 0) is 22.6 Å². The van der Waals surface area contributed by atoms with Gasteiger partial charge in [0.15, 0.2) is 12.5 Å². The highest BCUT2D eigenvalue weighted by molar-refractivity contribution is 7.99. The minimum absolute atomic E-state index is 0.00297. The van der Waals surface area contributed by atoms with E-state index in [0.29, 0.717) is 23.0 Å². The van der Waals surface area contributed by atoms with Gasteiger partial charge in [-0.2, -0.15) is 4.73 Å². The molecular weight excluding hydrogens is 538 g/mol. The van der Waals surface area contributed by atoms with Crippen LogP contribution in [0.15, 0.2) is 108 Å². The number of benzene rings is 3. The van der Waals surface area contributed by atoms with Crippen molar-refractivity contribution in [3.05, 3.63) is 131 Å². The Kier molecular flexibility index (Phi) is 9.53. The number of anilines is 1. The Balaban J connectivity index is 1.29. The Labute approximate surface area is 243 Å². The molecule has 212 valence electrons. The van der Waals surface area contributed by atoms with Gasteiger partial charge in [-0.1, -0.05) is 85.4 Å². The number of aliphatic hydroxyl groups is 1. The minimum atomic E-state index is -0.643. The molecule has 0 saturated carbocycles. The van der Waals surface area contributed by atoms with Crippen molar-refractivity contribution < 1.29 is 24.1 Å². The van der Waals surface area contributed by atoms with E-state index in [1.54, 1.807) is 12.1 Å². The van der Waals surface area contributed by atoms with Gasteiger partial charge in [-0.15, -0.1) is 0 Å². The first-order valence-corrected chi connectivity index (χ1v) is 14.5. The second-order valence-corrected chi connectivity index (χ2v) is 11.0. The lowest BCUT2D eigenvalue weighted by molar-refractivity contribution is -0.645. The van der Waals surface area contributed by atoms with Crippen LogP contribution in [0.5, 0.6) is 0 Å². The van der Waals surface area contributed by atoms with Gasteiger partial charge in [0.05, 0.1) is 18.8 Å². The lowest BCUT2D eigenvalue weighted by Crippen LogP contribution is -2.39. The number of amides is 2. The standard InChI is InChI=1S/C32H33N3O5S/c1-22-28(21-41-29-9-5-6-18-35(29)38)39-31(40-30(22)25-12-10-24(20-36)11-13-25)26-14-16-27(17-15-26)34-32(37)33-19-23-7-3-2-4-8-23/h2-18,22,28,30-31,36H,19-21H2,1H3,(H2,33,34,37)/t22-,28+,30+,31+/m0/s1. The summed E-state index contributed by atoms with van der Waals surface area (Å²) in [6, 6.07) is 29.9. The first-order chi connectivity index (χ1) is 20.0. The van der Waals surface area contributed by atoms with E-state index < -0.39 is 6.29 Å². The molecule has 0 radical (unpaired) electrons. The van der Waals surface area contributed by atoms with Gasteiger partial charge in [0.1, 0.15) is 0 Å². The van der Waals surface area contributed by atoms with Crippen molar-refractivity contribution in [3.63, 3.8) is 0 Å². The molecule has 1 aliphatic heterocycles. The quantitative estimate of drug-likeness (QED) is 0.135. The SMILES string of the molecule is C[C@H]1[C@@H](CSc2cccc[n+]2[O-])O[C@@H](c2ccc(NC(=O)NCc3ccccc3)cc2)O[C@H]1c1ccc(CO)cc1. The zero-order valence-corrected chi connectivity index (χ0v) is 23.5. The average molecular weight is 572 g/mol. The number of carbonyl (C=O) groups is 1. The van der Waals surface area contributed by atoms with Crippen molar-refractivity contribution in [3.8, 4) is 0 Å². The number of rotatable bonds is 9. The normalized spacial score (nSPS) is 20.3. The number of carbonyl (C=O) groups excluding carboxylic acids is 1. The van der Waals surface area contributed by atoms with Crippen molar-refractivity contribution in [2.45, 2.75) is 43.6 Å². The van der Waals surface area contributed by atoms with Gasteiger partial charge in [0.2, 0.25) is 0 Å². The monoisotopic (exact) mass is 571 g/mol. The van der Waals surface area contributed by atoms with Gasteiger partial charge >= 0.3 is 6.03 Å². The molecule has 1 fully saturated rings. The molecule has 1 aliphatic rings. The average Bonchev–Trinajstić information content (AvgIpc) is 3.01. The van der Waals surface area contributed by atoms with Crippen molar-refractivity contribution in [2.75, 3.05) is 11.1 Å². The lowest BCUT2D eigenvalue weighted by Gasteiger charge is -2.41. The fourth-order valence-corrected chi connectivity index (χ4v) is 5.76. The Morgan fingerprint density at radius 1 is 0.902 bits per heavy atom. The number of thioether (sulfide) groups is 1. The first kappa shape index (κ1) is 28.6. The second-order valence-electron chi connectivity index (χ2n) is 9.91. The van der Waals surface area contributed by atoms with Gasteiger partial charge in [-0.05, 0) is 34.9 Å². The number of ether oxygens (including phenoxy) is 2. The molecule has 8 nitrogen and oxygen atoms in total. The summed E-state index contributed by atoms with van der Waals surface area (Å²) in [5.74, 6) is 0.566. The molecule has 0 aliphatic carbocycles. The number of aromatic nitrogens is 1. The first-order valence-electron chi connectivity index (χ1n) is 13.5. The van der Waals surface area contributed by atoms with E-state index in [-0.39, 0.29) is 30.8 Å². The molecule has 9 heteroatoms. The fraction of sp³-hybridized carbons (Fsp3) is 0.250. The maximum absolute atomic E-state index is 12.4. The van der Waals surface area contributed by atoms with E-state index in [4.69, 9.17) is 9.47 Å². The second kappa shape index (κ2) is 13.6. The summed E-state index contributed by atoms with van der Waals surface area (Å²) >= 11 is 1.45. The maximum Gasteiger partial charge on any atom is 0.319 e. The summed E-state index contributed by atoms with van der Waals surface area (Å²) in [5.41, 5.74) is 4.31. The van der Waals surface area contributed by atoms with Gasteiger partial charge in [-0.25, -0.2) is 4.79 Å². The molecule has 0 bridgehead atoms. The van der Waals surface area contributed by atoms with Crippen LogP contribution in [0.25, 0.3) is 0 Å². The summed E-state index contributed by atoms with van der Waals surface area (Å²) in [6.45, 7) is 2.49. The van der Waals surface area contributed by atoms with E-state index in [0.717, 1.165) is 27.0 Å². The number of hydrogen-bond donors (Lipinski definition) is 3. The highest BCUT2D eigenvalue weighted by Gasteiger charge is 2.38. The van der Waals surface area contributed by atoms with E-state index in [1.807, 2.05) is 84.9 Å². The van der Waals surface area contributed by atoms with E-state index in [2.05, 4.69) is 17.6 Å². The molecule has 0 spiro atoms. The molecule has 3 N–H and O–H groups in total. The molecule has 1 aromatic heterocycles. The summed E-state index contributed by atoms with van der Waals surface area (Å²) in [7, 11) is 0. The van der Waals surface area contributed by atoms with Crippen LogP contribution in [-0.4, -0.2) is 23.0 Å². The van der Waals surface area contributed by atoms with Gasteiger partial charge in [-0.3, -0.25) is 0 Å². The highest BCUT2D eigenvalue weighted by atomic mass is 32.2. The molecule has 1 saturated heterocycles. The molecule has 2 amide bonds. The van der Waals surface area contributed by atoms with Gasteiger partial charge in [0, 0.05) is 41.6 Å². The summed E-state index contributed by atoms with van der Waals surface area (Å²) in [6.07, 6.45) is 0.380. The third kappa shape index (κ3) is 7.45. The molecule has 4 aromatic rings. The van der Waals surface area contributed by atoms with E-state index in [9.17, 15) is 15.1 Å². The molecule has 4 atom stereocenters. The maximum atomic E-state index is 12.4. The third-order valence-electron chi connectivity index (χ3n) is 7.04. The molecule has 5 rings (SSSR count). The zero-order chi connectivity index (χ0) is 28.6.